The molecule has 1 atom stereocenters. The summed E-state index contributed by atoms with van der Waals surface area (Å²) in [6.45, 7) is 1.51. The van der Waals surface area contributed by atoms with Gasteiger partial charge in [0.25, 0.3) is 5.69 Å². The van der Waals surface area contributed by atoms with Crippen molar-refractivity contribution in [3.8, 4) is 0 Å². The molecule has 1 aromatic rings. The maximum atomic E-state index is 10.8. The fourth-order valence-corrected chi connectivity index (χ4v) is 1.16. The van der Waals surface area contributed by atoms with Crippen molar-refractivity contribution >= 4 is 29.0 Å². The summed E-state index contributed by atoms with van der Waals surface area (Å²) in [5, 5.41) is 13.1. The zero-order valence-corrected chi connectivity index (χ0v) is 9.06. The SMILES string of the molecule is CC(Nc1cc([N+](=O)[O-])cc(Cl)n1)C(N)=O. The lowest BCUT2D eigenvalue weighted by atomic mass is 10.3. The summed E-state index contributed by atoms with van der Waals surface area (Å²) in [5.41, 5.74) is 4.81. The molecule has 0 radical (unpaired) electrons. The third-order valence-electron chi connectivity index (χ3n) is 1.78. The van der Waals surface area contributed by atoms with Crippen LogP contribution in [0.25, 0.3) is 0 Å². The first-order chi connectivity index (χ1) is 7.40. The summed E-state index contributed by atoms with van der Waals surface area (Å²) in [6.07, 6.45) is 0. The predicted octanol–water partition coefficient (Wildman–Crippen LogP) is 0.929. The van der Waals surface area contributed by atoms with Crippen molar-refractivity contribution < 1.29 is 9.72 Å². The number of carbonyl (C=O) groups excluding carboxylic acids is 1. The Morgan fingerprint density at radius 2 is 2.31 bits per heavy atom. The molecule has 0 bridgehead atoms. The van der Waals surface area contributed by atoms with Gasteiger partial charge in [-0.2, -0.15) is 0 Å². The number of primary amides is 1. The van der Waals surface area contributed by atoms with Crippen LogP contribution in [0.3, 0.4) is 0 Å². The summed E-state index contributed by atoms with van der Waals surface area (Å²) >= 11 is 5.59. The Morgan fingerprint density at radius 3 is 2.81 bits per heavy atom. The fourth-order valence-electron chi connectivity index (χ4n) is 0.956. The largest absolute Gasteiger partial charge is 0.368 e. The van der Waals surface area contributed by atoms with Gasteiger partial charge in [0.05, 0.1) is 17.1 Å². The molecule has 16 heavy (non-hydrogen) atoms. The van der Waals surface area contributed by atoms with Crippen LogP contribution in [0.1, 0.15) is 6.92 Å². The maximum Gasteiger partial charge on any atom is 0.276 e. The number of rotatable bonds is 4. The van der Waals surface area contributed by atoms with Crippen LogP contribution < -0.4 is 11.1 Å². The molecule has 8 heteroatoms. The van der Waals surface area contributed by atoms with Gasteiger partial charge in [-0.05, 0) is 6.92 Å². The van der Waals surface area contributed by atoms with E-state index >= 15 is 0 Å². The van der Waals surface area contributed by atoms with Crippen LogP contribution in [-0.4, -0.2) is 21.9 Å². The summed E-state index contributed by atoms with van der Waals surface area (Å²) in [4.78, 5) is 24.5. The van der Waals surface area contributed by atoms with Crippen molar-refractivity contribution in [2.45, 2.75) is 13.0 Å². The lowest BCUT2D eigenvalue weighted by Gasteiger charge is -2.10. The van der Waals surface area contributed by atoms with E-state index in [4.69, 9.17) is 17.3 Å². The number of hydrogen-bond acceptors (Lipinski definition) is 5. The molecular formula is C8H9ClN4O3. The quantitative estimate of drug-likeness (QED) is 0.465. The first kappa shape index (κ1) is 12.2. The van der Waals surface area contributed by atoms with Gasteiger partial charge in [-0.3, -0.25) is 14.9 Å². The molecule has 7 nitrogen and oxygen atoms in total. The van der Waals surface area contributed by atoms with E-state index in [0.717, 1.165) is 6.07 Å². The Kier molecular flexibility index (Phi) is 3.62. The van der Waals surface area contributed by atoms with Gasteiger partial charge in [-0.25, -0.2) is 4.98 Å². The highest BCUT2D eigenvalue weighted by Gasteiger charge is 2.13. The maximum absolute atomic E-state index is 10.8. The Balaban J connectivity index is 2.97. The summed E-state index contributed by atoms with van der Waals surface area (Å²) < 4.78 is 0. The Bertz CT molecular complexity index is 437. The average Bonchev–Trinajstić information content (AvgIpc) is 2.16. The van der Waals surface area contributed by atoms with Gasteiger partial charge in [-0.1, -0.05) is 11.6 Å². The minimum absolute atomic E-state index is 0.0339. The molecule has 0 spiro atoms. The molecule has 0 aliphatic carbocycles. The van der Waals surface area contributed by atoms with Gasteiger partial charge in [-0.15, -0.1) is 0 Å². The number of carbonyl (C=O) groups is 1. The second-order valence-corrected chi connectivity index (χ2v) is 3.45. The first-order valence-corrected chi connectivity index (χ1v) is 4.66. The van der Waals surface area contributed by atoms with Crippen LogP contribution in [0.5, 0.6) is 0 Å². The van der Waals surface area contributed by atoms with Crippen molar-refractivity contribution in [2.75, 3.05) is 5.32 Å². The molecular weight excluding hydrogens is 236 g/mol. The number of anilines is 1. The number of nitro groups is 1. The average molecular weight is 245 g/mol. The summed E-state index contributed by atoms with van der Waals surface area (Å²) in [5.74, 6) is -0.463. The zero-order chi connectivity index (χ0) is 12.3. The van der Waals surface area contributed by atoms with E-state index in [9.17, 15) is 14.9 Å². The van der Waals surface area contributed by atoms with Crippen molar-refractivity contribution in [1.82, 2.24) is 4.98 Å². The number of halogens is 1. The summed E-state index contributed by atoms with van der Waals surface area (Å²) in [6, 6.07) is 1.60. The van der Waals surface area contributed by atoms with Crippen LogP contribution in [0.15, 0.2) is 12.1 Å². The number of nitrogens with two attached hydrogens (primary N) is 1. The molecule has 0 saturated carbocycles. The molecule has 0 fully saturated rings. The predicted molar refractivity (Wildman–Crippen MR) is 58.2 cm³/mol. The van der Waals surface area contributed by atoms with E-state index in [1.165, 1.54) is 13.0 Å². The van der Waals surface area contributed by atoms with Crippen molar-refractivity contribution in [2.24, 2.45) is 5.73 Å². The number of amides is 1. The number of pyridine rings is 1. The van der Waals surface area contributed by atoms with Crippen LogP contribution in [-0.2, 0) is 4.79 Å². The molecule has 1 heterocycles. The van der Waals surface area contributed by atoms with Gasteiger partial charge < -0.3 is 11.1 Å². The van der Waals surface area contributed by atoms with Crippen molar-refractivity contribution in [1.29, 1.82) is 0 Å². The third-order valence-corrected chi connectivity index (χ3v) is 1.97. The summed E-state index contributed by atoms with van der Waals surface area (Å²) in [7, 11) is 0. The van der Waals surface area contributed by atoms with E-state index in [1.807, 2.05) is 0 Å². The first-order valence-electron chi connectivity index (χ1n) is 4.28. The van der Waals surface area contributed by atoms with Gasteiger partial charge in [0.2, 0.25) is 5.91 Å². The molecule has 0 saturated heterocycles. The highest BCUT2D eigenvalue weighted by molar-refractivity contribution is 6.29. The number of nitrogens with one attached hydrogen (secondary N) is 1. The third kappa shape index (κ3) is 3.06. The molecule has 1 aromatic heterocycles. The molecule has 0 aliphatic rings. The van der Waals surface area contributed by atoms with Gasteiger partial charge in [0.1, 0.15) is 17.0 Å². The smallest absolute Gasteiger partial charge is 0.276 e. The lowest BCUT2D eigenvalue weighted by Crippen LogP contribution is -2.32. The van der Waals surface area contributed by atoms with Crippen LogP contribution >= 0.6 is 11.6 Å². The second kappa shape index (κ2) is 4.75. The molecule has 1 amide bonds. The van der Waals surface area contributed by atoms with Crippen LogP contribution in [0.2, 0.25) is 5.15 Å². The molecule has 86 valence electrons. The van der Waals surface area contributed by atoms with Gasteiger partial charge in [0, 0.05) is 0 Å². The Morgan fingerprint density at radius 1 is 1.69 bits per heavy atom. The molecule has 0 aliphatic heterocycles. The monoisotopic (exact) mass is 244 g/mol. The Hall–Kier alpha value is -1.89. The Labute approximate surface area is 95.8 Å². The van der Waals surface area contributed by atoms with E-state index in [2.05, 4.69) is 10.3 Å². The number of hydrogen-bond donors (Lipinski definition) is 2. The molecule has 0 aromatic carbocycles. The second-order valence-electron chi connectivity index (χ2n) is 3.06. The minimum Gasteiger partial charge on any atom is -0.368 e. The van der Waals surface area contributed by atoms with Crippen LogP contribution in [0, 0.1) is 10.1 Å². The fraction of sp³-hybridized carbons (Fsp3) is 0.250. The number of aromatic nitrogens is 1. The standard InChI is InChI=1S/C8H9ClN4O3/c1-4(8(10)14)11-7-3-5(13(15)16)2-6(9)12-7/h2-4H,1H3,(H2,10,14)(H,11,12). The van der Waals surface area contributed by atoms with Gasteiger partial charge >= 0.3 is 0 Å². The lowest BCUT2D eigenvalue weighted by molar-refractivity contribution is -0.384. The van der Waals surface area contributed by atoms with Crippen molar-refractivity contribution in [3.05, 3.63) is 27.4 Å². The van der Waals surface area contributed by atoms with E-state index in [-0.39, 0.29) is 16.7 Å². The minimum atomic E-state index is -0.689. The van der Waals surface area contributed by atoms with Gasteiger partial charge in [0.15, 0.2) is 0 Å². The topological polar surface area (TPSA) is 111 Å². The molecule has 1 unspecified atom stereocenters. The van der Waals surface area contributed by atoms with Crippen LogP contribution in [0.4, 0.5) is 11.5 Å². The number of nitrogens with zero attached hydrogens (tertiary/aromatic N) is 2. The van der Waals surface area contributed by atoms with Crippen molar-refractivity contribution in [3.63, 3.8) is 0 Å². The van der Waals surface area contributed by atoms with E-state index < -0.39 is 16.9 Å². The van der Waals surface area contributed by atoms with E-state index in [1.54, 1.807) is 0 Å². The highest BCUT2D eigenvalue weighted by atomic mass is 35.5. The molecule has 1 rings (SSSR count). The highest BCUT2D eigenvalue weighted by Crippen LogP contribution is 2.20. The van der Waals surface area contributed by atoms with E-state index in [0.29, 0.717) is 0 Å². The normalized spacial score (nSPS) is 11.9. The molecule has 3 N–H and O–H groups in total. The zero-order valence-electron chi connectivity index (χ0n) is 8.31.